The van der Waals surface area contributed by atoms with Gasteiger partial charge in [-0.2, -0.15) is 0 Å². The van der Waals surface area contributed by atoms with E-state index in [1.54, 1.807) is 12.0 Å². The summed E-state index contributed by atoms with van der Waals surface area (Å²) in [5.74, 6) is 0.629. The SMILES string of the molecule is COc1ccc(CC(=O)N(Cc2ccccc2)[C@@H](C)C(=O)NC2CCCCC2)cc1. The monoisotopic (exact) mass is 408 g/mol. The van der Waals surface area contributed by atoms with Crippen LogP contribution in [0.3, 0.4) is 0 Å². The standard InChI is InChI=1S/C25H32N2O3/c1-19(25(29)26-22-11-7-4-8-12-22)27(18-21-9-5-3-6-10-21)24(28)17-20-13-15-23(30-2)16-14-20/h3,5-6,9-10,13-16,19,22H,4,7-8,11-12,17-18H2,1-2H3,(H,26,29)/t19-/m0/s1. The topological polar surface area (TPSA) is 58.6 Å². The molecule has 5 heteroatoms. The molecule has 0 radical (unpaired) electrons. The summed E-state index contributed by atoms with van der Waals surface area (Å²) in [4.78, 5) is 27.9. The van der Waals surface area contributed by atoms with Crippen molar-refractivity contribution in [1.29, 1.82) is 0 Å². The maximum absolute atomic E-state index is 13.2. The Balaban J connectivity index is 1.72. The van der Waals surface area contributed by atoms with Crippen LogP contribution in [0.5, 0.6) is 5.75 Å². The lowest BCUT2D eigenvalue weighted by molar-refractivity contribution is -0.140. The summed E-state index contributed by atoms with van der Waals surface area (Å²) in [6, 6.07) is 17.0. The van der Waals surface area contributed by atoms with Gasteiger partial charge in [0.2, 0.25) is 11.8 Å². The van der Waals surface area contributed by atoms with Gasteiger partial charge in [-0.3, -0.25) is 9.59 Å². The molecule has 1 aliphatic rings. The first kappa shape index (κ1) is 21.9. The fourth-order valence-electron chi connectivity index (χ4n) is 3.95. The molecule has 1 aliphatic carbocycles. The van der Waals surface area contributed by atoms with Crippen molar-refractivity contribution in [2.24, 2.45) is 0 Å². The molecule has 1 fully saturated rings. The van der Waals surface area contributed by atoms with Crippen LogP contribution in [0.2, 0.25) is 0 Å². The van der Waals surface area contributed by atoms with Crippen LogP contribution in [-0.4, -0.2) is 35.9 Å². The Labute approximate surface area is 179 Å². The third kappa shape index (κ3) is 6.09. The first-order valence-electron chi connectivity index (χ1n) is 10.8. The van der Waals surface area contributed by atoms with Gasteiger partial charge in [-0.15, -0.1) is 0 Å². The summed E-state index contributed by atoms with van der Waals surface area (Å²) < 4.78 is 5.19. The third-order valence-corrected chi connectivity index (χ3v) is 5.83. The van der Waals surface area contributed by atoms with E-state index in [9.17, 15) is 9.59 Å². The molecular formula is C25H32N2O3. The second kappa shape index (κ2) is 10.8. The lowest BCUT2D eigenvalue weighted by Gasteiger charge is -2.31. The number of nitrogens with one attached hydrogen (secondary N) is 1. The molecule has 3 rings (SSSR count). The fraction of sp³-hybridized carbons (Fsp3) is 0.440. The molecule has 0 aromatic heterocycles. The summed E-state index contributed by atoms with van der Waals surface area (Å²) in [6.07, 6.45) is 5.85. The smallest absolute Gasteiger partial charge is 0.242 e. The molecule has 1 atom stereocenters. The molecule has 0 bridgehead atoms. The van der Waals surface area contributed by atoms with Crippen LogP contribution in [0.25, 0.3) is 0 Å². The normalized spacial score (nSPS) is 15.3. The van der Waals surface area contributed by atoms with Crippen LogP contribution >= 0.6 is 0 Å². The van der Waals surface area contributed by atoms with E-state index in [0.29, 0.717) is 6.54 Å². The van der Waals surface area contributed by atoms with Crippen LogP contribution in [0.1, 0.15) is 50.2 Å². The van der Waals surface area contributed by atoms with Crippen molar-refractivity contribution >= 4 is 11.8 Å². The number of hydrogen-bond acceptors (Lipinski definition) is 3. The average molecular weight is 409 g/mol. The van der Waals surface area contributed by atoms with Gasteiger partial charge in [-0.1, -0.05) is 61.7 Å². The van der Waals surface area contributed by atoms with Gasteiger partial charge in [-0.25, -0.2) is 0 Å². The first-order chi connectivity index (χ1) is 14.6. The minimum absolute atomic E-state index is 0.0599. The molecule has 5 nitrogen and oxygen atoms in total. The van der Waals surface area contributed by atoms with Crippen molar-refractivity contribution in [3.05, 3.63) is 65.7 Å². The van der Waals surface area contributed by atoms with Gasteiger partial charge in [0.15, 0.2) is 0 Å². The number of carbonyl (C=O) groups is 2. The molecule has 1 saturated carbocycles. The summed E-state index contributed by atoms with van der Waals surface area (Å²) in [7, 11) is 1.62. The van der Waals surface area contributed by atoms with Gasteiger partial charge in [0.05, 0.1) is 13.5 Å². The highest BCUT2D eigenvalue weighted by molar-refractivity contribution is 5.88. The quantitative estimate of drug-likeness (QED) is 0.715. The van der Waals surface area contributed by atoms with Crippen molar-refractivity contribution in [3.8, 4) is 5.75 Å². The van der Waals surface area contributed by atoms with Gasteiger partial charge in [-0.05, 0) is 43.0 Å². The van der Waals surface area contributed by atoms with Crippen molar-refractivity contribution in [2.45, 2.75) is 64.1 Å². The Morgan fingerprint density at radius 2 is 1.67 bits per heavy atom. The molecule has 0 spiro atoms. The number of nitrogens with zero attached hydrogens (tertiary/aromatic N) is 1. The van der Waals surface area contributed by atoms with Crippen molar-refractivity contribution in [2.75, 3.05) is 7.11 Å². The van der Waals surface area contributed by atoms with E-state index in [0.717, 1.165) is 42.6 Å². The number of amides is 2. The van der Waals surface area contributed by atoms with Crippen molar-refractivity contribution in [3.63, 3.8) is 0 Å². The number of ether oxygens (including phenoxy) is 1. The Morgan fingerprint density at radius 1 is 1.00 bits per heavy atom. The minimum atomic E-state index is -0.530. The van der Waals surface area contributed by atoms with Gasteiger partial charge in [0.1, 0.15) is 11.8 Å². The first-order valence-corrected chi connectivity index (χ1v) is 10.8. The van der Waals surface area contributed by atoms with Crippen molar-refractivity contribution in [1.82, 2.24) is 10.2 Å². The second-order valence-electron chi connectivity index (χ2n) is 8.05. The highest BCUT2D eigenvalue weighted by Gasteiger charge is 2.28. The summed E-state index contributed by atoms with van der Waals surface area (Å²) >= 11 is 0. The van der Waals surface area contributed by atoms with Crippen LogP contribution < -0.4 is 10.1 Å². The number of carbonyl (C=O) groups excluding carboxylic acids is 2. The lowest BCUT2D eigenvalue weighted by Crippen LogP contribution is -2.50. The second-order valence-corrected chi connectivity index (χ2v) is 8.05. The highest BCUT2D eigenvalue weighted by Crippen LogP contribution is 2.19. The Morgan fingerprint density at radius 3 is 2.30 bits per heavy atom. The summed E-state index contributed by atoms with van der Waals surface area (Å²) in [5, 5.41) is 3.17. The predicted molar refractivity (Wildman–Crippen MR) is 118 cm³/mol. The van der Waals surface area contributed by atoms with E-state index in [-0.39, 0.29) is 24.3 Å². The molecule has 2 aromatic rings. The van der Waals surface area contributed by atoms with Crippen LogP contribution in [0, 0.1) is 0 Å². The van der Waals surface area contributed by atoms with E-state index in [1.165, 1.54) is 6.42 Å². The molecular weight excluding hydrogens is 376 g/mol. The zero-order valence-electron chi connectivity index (χ0n) is 18.0. The van der Waals surface area contributed by atoms with E-state index in [4.69, 9.17) is 4.74 Å². The van der Waals surface area contributed by atoms with Gasteiger partial charge < -0.3 is 15.0 Å². The number of benzene rings is 2. The van der Waals surface area contributed by atoms with E-state index in [1.807, 2.05) is 61.5 Å². The highest BCUT2D eigenvalue weighted by atomic mass is 16.5. The average Bonchev–Trinajstić information content (AvgIpc) is 2.79. The lowest BCUT2D eigenvalue weighted by atomic mass is 9.95. The van der Waals surface area contributed by atoms with Crippen LogP contribution in [-0.2, 0) is 22.6 Å². The Bertz CT molecular complexity index is 814. The number of rotatable bonds is 8. The Hall–Kier alpha value is -2.82. The van der Waals surface area contributed by atoms with E-state index >= 15 is 0 Å². The molecule has 160 valence electrons. The number of methoxy groups -OCH3 is 1. The maximum Gasteiger partial charge on any atom is 0.242 e. The van der Waals surface area contributed by atoms with E-state index in [2.05, 4.69) is 5.32 Å². The number of hydrogen-bond donors (Lipinski definition) is 1. The van der Waals surface area contributed by atoms with Crippen molar-refractivity contribution < 1.29 is 14.3 Å². The third-order valence-electron chi connectivity index (χ3n) is 5.83. The van der Waals surface area contributed by atoms with E-state index < -0.39 is 6.04 Å². The summed E-state index contributed by atoms with van der Waals surface area (Å²) in [5.41, 5.74) is 1.91. The van der Waals surface area contributed by atoms with Gasteiger partial charge in [0.25, 0.3) is 0 Å². The Kier molecular flexibility index (Phi) is 7.89. The van der Waals surface area contributed by atoms with Gasteiger partial charge >= 0.3 is 0 Å². The molecule has 2 aromatic carbocycles. The predicted octanol–water partition coefficient (Wildman–Crippen LogP) is 4.10. The minimum Gasteiger partial charge on any atom is -0.497 e. The molecule has 30 heavy (non-hydrogen) atoms. The summed E-state index contributed by atoms with van der Waals surface area (Å²) in [6.45, 7) is 2.24. The fourth-order valence-corrected chi connectivity index (χ4v) is 3.95. The maximum atomic E-state index is 13.2. The largest absolute Gasteiger partial charge is 0.497 e. The molecule has 0 heterocycles. The molecule has 0 saturated heterocycles. The zero-order valence-corrected chi connectivity index (χ0v) is 18.0. The molecule has 0 aliphatic heterocycles. The molecule has 1 N–H and O–H groups in total. The van der Waals surface area contributed by atoms with Crippen LogP contribution in [0.4, 0.5) is 0 Å². The molecule has 2 amide bonds. The van der Waals surface area contributed by atoms with Gasteiger partial charge in [0, 0.05) is 12.6 Å². The zero-order chi connectivity index (χ0) is 21.3. The van der Waals surface area contributed by atoms with Crippen LogP contribution in [0.15, 0.2) is 54.6 Å². The molecule has 0 unspecified atom stereocenters.